The Bertz CT molecular complexity index is 1340. The molecule has 1 fully saturated rings. The van der Waals surface area contributed by atoms with Crippen LogP contribution in [0.1, 0.15) is 31.2 Å². The van der Waals surface area contributed by atoms with Crippen molar-refractivity contribution in [2.75, 3.05) is 24.5 Å². The third kappa shape index (κ3) is 5.60. The lowest BCUT2D eigenvalue weighted by molar-refractivity contribution is -0.129. The van der Waals surface area contributed by atoms with Crippen LogP contribution in [0, 0.1) is 11.6 Å². The number of amides is 1. The van der Waals surface area contributed by atoms with Gasteiger partial charge in [-0.2, -0.15) is 8.78 Å². The van der Waals surface area contributed by atoms with Crippen molar-refractivity contribution in [1.29, 1.82) is 0 Å². The van der Waals surface area contributed by atoms with Gasteiger partial charge in [0.15, 0.2) is 17.4 Å². The van der Waals surface area contributed by atoms with Gasteiger partial charge in [0.1, 0.15) is 23.3 Å². The molecule has 1 aromatic carbocycles. The molecule has 0 spiro atoms. The van der Waals surface area contributed by atoms with Crippen molar-refractivity contribution in [2.24, 2.45) is 0 Å². The normalized spacial score (nSPS) is 15.9. The van der Waals surface area contributed by atoms with Crippen molar-refractivity contribution < 1.29 is 31.8 Å². The zero-order valence-corrected chi connectivity index (χ0v) is 20.4. The third-order valence-corrected chi connectivity index (χ3v) is 6.43. The van der Waals surface area contributed by atoms with Crippen LogP contribution in [0.4, 0.5) is 23.4 Å². The lowest BCUT2D eigenvalue weighted by Gasteiger charge is -2.35. The zero-order valence-electron chi connectivity index (χ0n) is 20.4. The molecule has 0 unspecified atom stereocenters. The summed E-state index contributed by atoms with van der Waals surface area (Å²) < 4.78 is 63.0. The van der Waals surface area contributed by atoms with Crippen LogP contribution in [0.5, 0.6) is 11.6 Å². The number of fused-ring (bicyclic) bond motifs is 1. The maximum Gasteiger partial charge on any atom is 0.388 e. The first-order chi connectivity index (χ1) is 18.3. The largest absolute Gasteiger partial charge is 0.487 e. The molecule has 2 aliphatic rings. The van der Waals surface area contributed by atoms with E-state index < -0.39 is 18.2 Å². The highest BCUT2D eigenvalue weighted by molar-refractivity contribution is 5.74. The Hall–Kier alpha value is -4.03. The topological polar surface area (TPSA) is 93.6 Å². The molecule has 0 aliphatic carbocycles. The SMILES string of the molecule is CC(=O)N1CCc2nc(N3CCC(Oc4ccc(F)cc4F)CC3)c(-c3cncc(OC(F)F)n3)nc2C1. The van der Waals surface area contributed by atoms with Gasteiger partial charge in [0, 0.05) is 51.9 Å². The smallest absolute Gasteiger partial charge is 0.388 e. The molecule has 13 heteroatoms. The standard InChI is InChI=1S/C25H24F4N6O3/c1-14(36)35-9-6-18-20(13-35)32-23(19-11-30-12-22(31-19)38-25(28)29)24(33-18)34-7-4-16(5-8-34)37-21-3-2-15(26)10-17(21)27/h2-3,10-12,16,25H,4-9,13H2,1H3. The van der Waals surface area contributed by atoms with E-state index in [-0.39, 0.29) is 35.9 Å². The molecule has 38 heavy (non-hydrogen) atoms. The van der Waals surface area contributed by atoms with Crippen LogP contribution in [0.3, 0.4) is 0 Å². The van der Waals surface area contributed by atoms with E-state index in [0.717, 1.165) is 24.0 Å². The van der Waals surface area contributed by atoms with E-state index in [2.05, 4.69) is 14.7 Å². The molecule has 4 heterocycles. The summed E-state index contributed by atoms with van der Waals surface area (Å²) in [7, 11) is 0. The predicted molar refractivity (Wildman–Crippen MR) is 127 cm³/mol. The maximum atomic E-state index is 14.0. The molecule has 3 aromatic rings. The van der Waals surface area contributed by atoms with Crippen molar-refractivity contribution in [3.63, 3.8) is 0 Å². The van der Waals surface area contributed by atoms with Gasteiger partial charge in [-0.1, -0.05) is 0 Å². The van der Waals surface area contributed by atoms with Gasteiger partial charge >= 0.3 is 6.61 Å². The molecule has 1 amide bonds. The fraction of sp³-hybridized carbons (Fsp3) is 0.400. The number of benzene rings is 1. The third-order valence-electron chi connectivity index (χ3n) is 6.43. The van der Waals surface area contributed by atoms with Crippen molar-refractivity contribution in [3.8, 4) is 23.0 Å². The van der Waals surface area contributed by atoms with E-state index in [0.29, 0.717) is 56.1 Å². The molecule has 0 N–H and O–H groups in total. The highest BCUT2D eigenvalue weighted by Gasteiger charge is 2.29. The van der Waals surface area contributed by atoms with Gasteiger partial charge in [-0.3, -0.25) is 9.78 Å². The number of piperidine rings is 1. The quantitative estimate of drug-likeness (QED) is 0.443. The van der Waals surface area contributed by atoms with E-state index in [1.165, 1.54) is 19.2 Å². The summed E-state index contributed by atoms with van der Waals surface area (Å²) in [4.78, 5) is 33.3. The summed E-state index contributed by atoms with van der Waals surface area (Å²) >= 11 is 0. The Kier molecular flexibility index (Phi) is 7.25. The number of hydrogen-bond acceptors (Lipinski definition) is 8. The van der Waals surface area contributed by atoms with Crippen molar-refractivity contribution in [3.05, 3.63) is 53.6 Å². The van der Waals surface area contributed by atoms with Gasteiger partial charge in [0.25, 0.3) is 0 Å². The summed E-state index contributed by atoms with van der Waals surface area (Å²) in [5, 5.41) is 0. The van der Waals surface area contributed by atoms with Gasteiger partial charge in [-0.05, 0) is 12.1 Å². The number of carbonyl (C=O) groups excluding carboxylic acids is 1. The minimum atomic E-state index is -3.07. The van der Waals surface area contributed by atoms with E-state index in [1.54, 1.807) is 4.90 Å². The van der Waals surface area contributed by atoms with Crippen LogP contribution in [-0.4, -0.2) is 63.1 Å². The summed E-state index contributed by atoms with van der Waals surface area (Å²) in [5.74, 6) is -1.41. The lowest BCUT2D eigenvalue weighted by atomic mass is 10.1. The monoisotopic (exact) mass is 532 g/mol. The van der Waals surface area contributed by atoms with Crippen LogP contribution in [-0.2, 0) is 17.8 Å². The Morgan fingerprint density at radius 3 is 2.55 bits per heavy atom. The van der Waals surface area contributed by atoms with Crippen molar-refractivity contribution in [2.45, 2.75) is 45.4 Å². The second-order valence-corrected chi connectivity index (χ2v) is 8.98. The van der Waals surface area contributed by atoms with Crippen molar-refractivity contribution >= 4 is 11.7 Å². The molecule has 9 nitrogen and oxygen atoms in total. The fourth-order valence-electron chi connectivity index (χ4n) is 4.53. The molecular weight excluding hydrogens is 508 g/mol. The minimum Gasteiger partial charge on any atom is -0.487 e. The van der Waals surface area contributed by atoms with E-state index in [9.17, 15) is 22.4 Å². The van der Waals surface area contributed by atoms with Crippen LogP contribution in [0.2, 0.25) is 0 Å². The molecule has 1 saturated heterocycles. The number of rotatable bonds is 6. The Labute approximate surface area is 215 Å². The van der Waals surface area contributed by atoms with E-state index in [1.807, 2.05) is 4.90 Å². The Morgan fingerprint density at radius 1 is 1.05 bits per heavy atom. The highest BCUT2D eigenvalue weighted by Crippen LogP contribution is 2.33. The second kappa shape index (κ2) is 10.8. The van der Waals surface area contributed by atoms with Crippen molar-refractivity contribution in [1.82, 2.24) is 24.8 Å². The number of nitrogens with zero attached hydrogens (tertiary/aromatic N) is 6. The number of anilines is 1. The average molecular weight is 532 g/mol. The minimum absolute atomic E-state index is 0.0137. The summed E-state index contributed by atoms with van der Waals surface area (Å²) in [6, 6.07) is 3.18. The van der Waals surface area contributed by atoms with Crippen LogP contribution in [0.25, 0.3) is 11.4 Å². The summed E-state index contributed by atoms with van der Waals surface area (Å²) in [6.07, 6.45) is 3.72. The van der Waals surface area contributed by atoms with Crippen LogP contribution < -0.4 is 14.4 Å². The summed E-state index contributed by atoms with van der Waals surface area (Å²) in [5.41, 5.74) is 1.85. The Balaban J connectivity index is 1.42. The van der Waals surface area contributed by atoms with Gasteiger partial charge in [-0.15, -0.1) is 0 Å². The van der Waals surface area contributed by atoms with Crippen LogP contribution in [0.15, 0.2) is 30.6 Å². The van der Waals surface area contributed by atoms with Crippen LogP contribution >= 0.6 is 0 Å². The van der Waals surface area contributed by atoms with Gasteiger partial charge in [-0.25, -0.2) is 23.7 Å². The summed E-state index contributed by atoms with van der Waals surface area (Å²) in [6.45, 7) is 0.149. The zero-order chi connectivity index (χ0) is 26.8. The first-order valence-electron chi connectivity index (χ1n) is 12.1. The van der Waals surface area contributed by atoms with Gasteiger partial charge in [0.05, 0.1) is 30.3 Å². The second-order valence-electron chi connectivity index (χ2n) is 8.98. The molecule has 5 rings (SSSR count). The molecule has 0 atom stereocenters. The molecule has 0 saturated carbocycles. The number of alkyl halides is 2. The first kappa shape index (κ1) is 25.6. The van der Waals surface area contributed by atoms with E-state index in [4.69, 9.17) is 14.7 Å². The highest BCUT2D eigenvalue weighted by atomic mass is 19.3. The molecular formula is C25H24F4N6O3. The average Bonchev–Trinajstić information content (AvgIpc) is 2.89. The number of halogens is 4. The predicted octanol–water partition coefficient (Wildman–Crippen LogP) is 3.77. The molecule has 200 valence electrons. The van der Waals surface area contributed by atoms with Gasteiger partial charge < -0.3 is 19.3 Å². The lowest BCUT2D eigenvalue weighted by Crippen LogP contribution is -2.40. The molecule has 2 aliphatic heterocycles. The van der Waals surface area contributed by atoms with Gasteiger partial charge in [0.2, 0.25) is 11.8 Å². The fourth-order valence-corrected chi connectivity index (χ4v) is 4.53. The molecule has 0 bridgehead atoms. The van der Waals surface area contributed by atoms with E-state index >= 15 is 0 Å². The number of aromatic nitrogens is 4. The molecule has 2 aromatic heterocycles. The number of ether oxygens (including phenoxy) is 2. The molecule has 0 radical (unpaired) electrons. The maximum absolute atomic E-state index is 14.0. The number of carbonyl (C=O) groups is 1. The Morgan fingerprint density at radius 2 is 1.84 bits per heavy atom. The first-order valence-corrected chi connectivity index (χ1v) is 12.1. The number of hydrogen-bond donors (Lipinski definition) is 0.